The van der Waals surface area contributed by atoms with Crippen LogP contribution in [-0.2, 0) is 10.0 Å². The van der Waals surface area contributed by atoms with E-state index < -0.39 is 10.0 Å². The summed E-state index contributed by atoms with van der Waals surface area (Å²) in [7, 11) is -3.38. The Hall–Kier alpha value is -2.84. The van der Waals surface area contributed by atoms with Crippen LogP contribution in [0.1, 0.15) is 34.6 Å². The monoisotopic (exact) mass is 432 g/mol. The van der Waals surface area contributed by atoms with Crippen LogP contribution in [0.2, 0.25) is 5.02 Å². The molecule has 1 heterocycles. The number of sulfonamides is 1. The van der Waals surface area contributed by atoms with Crippen LogP contribution in [-0.4, -0.2) is 30.4 Å². The van der Waals surface area contributed by atoms with Gasteiger partial charge in [0.25, 0.3) is 5.91 Å². The van der Waals surface area contributed by atoms with Gasteiger partial charge in [-0.15, -0.1) is 0 Å². The first-order valence-electron chi connectivity index (χ1n) is 8.83. The van der Waals surface area contributed by atoms with Crippen LogP contribution in [0.3, 0.4) is 0 Å². The molecular weight excluding hydrogens is 412 g/mol. The molecule has 0 bridgehead atoms. The molecule has 3 rings (SSSR count). The van der Waals surface area contributed by atoms with Crippen molar-refractivity contribution in [3.63, 3.8) is 0 Å². The minimum absolute atomic E-state index is 0.273. The SMILES string of the molecule is Cc1c(C(=O)NC(C)c2cccc(NS(C)(=O)=O)c2)cnn1-c1cccc(Cl)c1. The van der Waals surface area contributed by atoms with Gasteiger partial charge >= 0.3 is 0 Å². The predicted molar refractivity (Wildman–Crippen MR) is 114 cm³/mol. The van der Waals surface area contributed by atoms with E-state index >= 15 is 0 Å². The minimum Gasteiger partial charge on any atom is -0.345 e. The summed E-state index contributed by atoms with van der Waals surface area (Å²) in [5, 5.41) is 7.81. The van der Waals surface area contributed by atoms with Crippen molar-refractivity contribution in [2.24, 2.45) is 0 Å². The lowest BCUT2D eigenvalue weighted by molar-refractivity contribution is 0.0939. The molecule has 1 aromatic heterocycles. The molecule has 1 unspecified atom stereocenters. The van der Waals surface area contributed by atoms with E-state index in [9.17, 15) is 13.2 Å². The number of nitrogens with zero attached hydrogens (tertiary/aromatic N) is 2. The van der Waals surface area contributed by atoms with E-state index in [1.54, 1.807) is 35.0 Å². The Labute approximate surface area is 174 Å². The van der Waals surface area contributed by atoms with Crippen LogP contribution < -0.4 is 10.0 Å². The summed E-state index contributed by atoms with van der Waals surface area (Å²) in [5.74, 6) is -0.273. The second kappa shape index (κ2) is 8.26. The topological polar surface area (TPSA) is 93.1 Å². The van der Waals surface area contributed by atoms with E-state index in [-0.39, 0.29) is 11.9 Å². The van der Waals surface area contributed by atoms with Crippen molar-refractivity contribution >= 4 is 33.2 Å². The third-order valence-electron chi connectivity index (χ3n) is 4.34. The van der Waals surface area contributed by atoms with Crippen molar-refractivity contribution in [2.75, 3.05) is 11.0 Å². The second-order valence-electron chi connectivity index (χ2n) is 6.73. The maximum Gasteiger partial charge on any atom is 0.255 e. The Morgan fingerprint density at radius 1 is 1.17 bits per heavy atom. The van der Waals surface area contributed by atoms with E-state index in [1.807, 2.05) is 32.0 Å². The van der Waals surface area contributed by atoms with Gasteiger partial charge in [-0.3, -0.25) is 9.52 Å². The highest BCUT2D eigenvalue weighted by molar-refractivity contribution is 7.92. The Morgan fingerprint density at radius 2 is 1.90 bits per heavy atom. The van der Waals surface area contributed by atoms with Gasteiger partial charge in [0.2, 0.25) is 10.0 Å². The number of anilines is 1. The molecule has 0 aliphatic carbocycles. The van der Waals surface area contributed by atoms with E-state index in [2.05, 4.69) is 15.1 Å². The van der Waals surface area contributed by atoms with Gasteiger partial charge < -0.3 is 5.32 Å². The summed E-state index contributed by atoms with van der Waals surface area (Å²) >= 11 is 6.04. The number of nitrogens with one attached hydrogen (secondary N) is 2. The van der Waals surface area contributed by atoms with Gasteiger partial charge in [-0.05, 0) is 49.7 Å². The van der Waals surface area contributed by atoms with E-state index in [0.29, 0.717) is 22.0 Å². The fourth-order valence-electron chi connectivity index (χ4n) is 2.94. The number of rotatable bonds is 6. The standard InChI is InChI=1S/C20H21ClN4O3S/c1-13(15-6-4-8-17(10-15)24-29(3,27)28)23-20(26)19-12-22-25(14(19)2)18-9-5-7-16(21)11-18/h4-13,24H,1-3H3,(H,23,26). The number of carbonyl (C=O) groups excluding carboxylic acids is 1. The maximum atomic E-state index is 12.8. The lowest BCUT2D eigenvalue weighted by Crippen LogP contribution is -2.27. The van der Waals surface area contributed by atoms with Crippen molar-refractivity contribution in [2.45, 2.75) is 19.9 Å². The van der Waals surface area contributed by atoms with E-state index in [0.717, 1.165) is 17.5 Å². The minimum atomic E-state index is -3.38. The highest BCUT2D eigenvalue weighted by Gasteiger charge is 2.18. The number of aromatic nitrogens is 2. The third kappa shape index (κ3) is 5.16. The van der Waals surface area contributed by atoms with Crippen LogP contribution in [0.5, 0.6) is 0 Å². The van der Waals surface area contributed by atoms with Crippen molar-refractivity contribution in [3.05, 3.63) is 76.6 Å². The first-order chi connectivity index (χ1) is 13.6. The van der Waals surface area contributed by atoms with Gasteiger partial charge in [0.05, 0.1) is 35.4 Å². The summed E-state index contributed by atoms with van der Waals surface area (Å²) in [6, 6.07) is 13.8. The molecule has 2 aromatic carbocycles. The van der Waals surface area contributed by atoms with Crippen LogP contribution in [0.15, 0.2) is 54.7 Å². The second-order valence-corrected chi connectivity index (χ2v) is 8.92. The highest BCUT2D eigenvalue weighted by atomic mass is 35.5. The molecule has 9 heteroatoms. The molecule has 1 atom stereocenters. The molecule has 1 amide bonds. The van der Waals surface area contributed by atoms with Crippen molar-refractivity contribution < 1.29 is 13.2 Å². The molecule has 0 saturated heterocycles. The summed E-state index contributed by atoms with van der Waals surface area (Å²) in [5.41, 5.74) is 3.11. The smallest absolute Gasteiger partial charge is 0.255 e. The lowest BCUT2D eigenvalue weighted by atomic mass is 10.1. The van der Waals surface area contributed by atoms with Crippen LogP contribution in [0.4, 0.5) is 5.69 Å². The fraction of sp³-hybridized carbons (Fsp3) is 0.200. The zero-order valence-corrected chi connectivity index (χ0v) is 17.8. The Bertz CT molecular complexity index is 1160. The summed E-state index contributed by atoms with van der Waals surface area (Å²) in [4.78, 5) is 12.8. The third-order valence-corrected chi connectivity index (χ3v) is 5.19. The van der Waals surface area contributed by atoms with Crippen LogP contribution in [0, 0.1) is 6.92 Å². The summed E-state index contributed by atoms with van der Waals surface area (Å²) in [6.07, 6.45) is 2.60. The lowest BCUT2D eigenvalue weighted by Gasteiger charge is -2.15. The predicted octanol–water partition coefficient (Wildman–Crippen LogP) is 3.70. The van der Waals surface area contributed by atoms with E-state index in [1.165, 1.54) is 6.20 Å². The number of hydrogen-bond acceptors (Lipinski definition) is 4. The molecule has 0 radical (unpaired) electrons. The average molecular weight is 433 g/mol. The van der Waals surface area contributed by atoms with Crippen LogP contribution >= 0.6 is 11.6 Å². The molecule has 0 saturated carbocycles. The number of amides is 1. The normalized spacial score (nSPS) is 12.4. The van der Waals surface area contributed by atoms with Gasteiger partial charge in [-0.2, -0.15) is 5.10 Å². The average Bonchev–Trinajstić information content (AvgIpc) is 3.02. The van der Waals surface area contributed by atoms with E-state index in [4.69, 9.17) is 11.6 Å². The molecular formula is C20H21ClN4O3S. The number of carbonyl (C=O) groups is 1. The molecule has 29 heavy (non-hydrogen) atoms. The molecule has 0 spiro atoms. The van der Waals surface area contributed by atoms with Gasteiger partial charge in [0, 0.05) is 10.7 Å². The van der Waals surface area contributed by atoms with Gasteiger partial charge in [0.1, 0.15) is 0 Å². The zero-order valence-electron chi connectivity index (χ0n) is 16.2. The van der Waals surface area contributed by atoms with Crippen molar-refractivity contribution in [1.29, 1.82) is 0 Å². The van der Waals surface area contributed by atoms with Gasteiger partial charge in [0.15, 0.2) is 0 Å². The van der Waals surface area contributed by atoms with Gasteiger partial charge in [-0.25, -0.2) is 13.1 Å². The Balaban J connectivity index is 1.78. The molecule has 0 aliphatic rings. The first kappa shape index (κ1) is 20.9. The van der Waals surface area contributed by atoms with Crippen LogP contribution in [0.25, 0.3) is 5.69 Å². The van der Waals surface area contributed by atoms with Crippen molar-refractivity contribution in [1.82, 2.24) is 15.1 Å². The number of halogens is 1. The summed E-state index contributed by atoms with van der Waals surface area (Å²) in [6.45, 7) is 3.64. The largest absolute Gasteiger partial charge is 0.345 e. The molecule has 3 aromatic rings. The fourth-order valence-corrected chi connectivity index (χ4v) is 3.68. The summed E-state index contributed by atoms with van der Waals surface area (Å²) < 4.78 is 26.9. The molecule has 0 fully saturated rings. The molecule has 7 nitrogen and oxygen atoms in total. The first-order valence-corrected chi connectivity index (χ1v) is 11.1. The Morgan fingerprint density at radius 3 is 2.59 bits per heavy atom. The molecule has 0 aliphatic heterocycles. The number of benzene rings is 2. The molecule has 152 valence electrons. The Kier molecular flexibility index (Phi) is 5.95. The highest BCUT2D eigenvalue weighted by Crippen LogP contribution is 2.21. The molecule has 2 N–H and O–H groups in total. The maximum absolute atomic E-state index is 12.8. The zero-order chi connectivity index (χ0) is 21.2. The quantitative estimate of drug-likeness (QED) is 0.621. The van der Waals surface area contributed by atoms with Crippen molar-refractivity contribution in [3.8, 4) is 5.69 Å². The van der Waals surface area contributed by atoms with Gasteiger partial charge in [-0.1, -0.05) is 29.8 Å². The number of hydrogen-bond donors (Lipinski definition) is 2.